The third-order valence-corrected chi connectivity index (χ3v) is 3.54. The Hall–Kier alpha value is -1.94. The molecule has 3 rings (SSSR count). The lowest BCUT2D eigenvalue weighted by Crippen LogP contribution is -2.23. The Morgan fingerprint density at radius 2 is 2.00 bits per heavy atom. The van der Waals surface area contributed by atoms with Crippen LogP contribution in [0.5, 0.6) is 5.75 Å². The highest BCUT2D eigenvalue weighted by Gasteiger charge is 2.23. The maximum atomic E-state index is 5.80. The van der Waals surface area contributed by atoms with E-state index in [4.69, 9.17) is 4.74 Å². The minimum absolute atomic E-state index is 0.0895. The quantitative estimate of drug-likeness (QED) is 0.885. The first-order valence-corrected chi connectivity index (χ1v) is 7.56. The number of rotatable bonds is 6. The smallest absolute Gasteiger partial charge is 0.125 e. The van der Waals surface area contributed by atoms with Crippen LogP contribution in [0, 0.1) is 6.92 Å². The van der Waals surface area contributed by atoms with Gasteiger partial charge in [0.1, 0.15) is 11.6 Å². The molecule has 1 aromatic heterocycles. The van der Waals surface area contributed by atoms with Gasteiger partial charge in [0.15, 0.2) is 0 Å². The van der Waals surface area contributed by atoms with Gasteiger partial charge in [0.25, 0.3) is 0 Å². The second-order valence-corrected chi connectivity index (χ2v) is 5.41. The molecule has 0 saturated heterocycles. The van der Waals surface area contributed by atoms with E-state index >= 15 is 0 Å². The van der Waals surface area contributed by atoms with Crippen molar-refractivity contribution in [3.8, 4) is 5.75 Å². The lowest BCUT2D eigenvalue weighted by molar-refractivity contribution is 0.303. The van der Waals surface area contributed by atoms with Gasteiger partial charge in [-0.1, -0.05) is 19.1 Å². The van der Waals surface area contributed by atoms with Crippen LogP contribution in [-0.2, 0) is 0 Å². The molecule has 0 aliphatic heterocycles. The zero-order valence-corrected chi connectivity index (χ0v) is 12.5. The van der Waals surface area contributed by atoms with E-state index in [1.165, 1.54) is 18.4 Å². The molecule has 110 valence electrons. The molecule has 1 fully saturated rings. The Balaban J connectivity index is 1.82. The first-order chi connectivity index (χ1) is 10.3. The number of nitrogens with one attached hydrogen (secondary N) is 1. The number of aryl methyl sites for hydroxylation is 1. The van der Waals surface area contributed by atoms with Crippen LogP contribution in [0.25, 0.3) is 0 Å². The third kappa shape index (κ3) is 3.58. The van der Waals surface area contributed by atoms with Gasteiger partial charge in [0, 0.05) is 6.20 Å². The standard InChI is InChI=1S/C17H21N3O/c1-3-18-17(16-10-11-19-12(2)20-16)13-4-6-14(7-5-13)21-15-8-9-15/h4-7,10-11,15,17-18H,3,8-9H2,1-2H3. The van der Waals surface area contributed by atoms with Gasteiger partial charge in [0.2, 0.25) is 0 Å². The molecule has 21 heavy (non-hydrogen) atoms. The number of aromatic nitrogens is 2. The second kappa shape index (κ2) is 6.22. The van der Waals surface area contributed by atoms with Gasteiger partial charge < -0.3 is 10.1 Å². The van der Waals surface area contributed by atoms with E-state index < -0.39 is 0 Å². The van der Waals surface area contributed by atoms with Crippen LogP contribution in [0.3, 0.4) is 0 Å². The van der Waals surface area contributed by atoms with E-state index in [0.717, 1.165) is 23.8 Å². The lowest BCUT2D eigenvalue weighted by atomic mass is 10.0. The van der Waals surface area contributed by atoms with E-state index in [9.17, 15) is 0 Å². The Labute approximate surface area is 125 Å². The van der Waals surface area contributed by atoms with Crippen LogP contribution >= 0.6 is 0 Å². The molecule has 1 aliphatic carbocycles. The van der Waals surface area contributed by atoms with Crippen molar-refractivity contribution in [1.29, 1.82) is 0 Å². The lowest BCUT2D eigenvalue weighted by Gasteiger charge is -2.18. The number of benzene rings is 1. The fourth-order valence-electron chi connectivity index (χ4n) is 2.35. The van der Waals surface area contributed by atoms with Gasteiger partial charge in [-0.3, -0.25) is 0 Å². The summed E-state index contributed by atoms with van der Waals surface area (Å²) in [4.78, 5) is 8.72. The van der Waals surface area contributed by atoms with Crippen LogP contribution in [0.15, 0.2) is 36.5 Å². The highest BCUT2D eigenvalue weighted by Crippen LogP contribution is 2.28. The maximum absolute atomic E-state index is 5.80. The molecule has 1 atom stereocenters. The molecule has 1 unspecified atom stereocenters. The predicted octanol–water partition coefficient (Wildman–Crippen LogP) is 3.03. The van der Waals surface area contributed by atoms with Gasteiger partial charge in [-0.05, 0) is 50.1 Å². The van der Waals surface area contributed by atoms with E-state index in [1.807, 2.05) is 31.3 Å². The van der Waals surface area contributed by atoms with Crippen LogP contribution < -0.4 is 10.1 Å². The first-order valence-electron chi connectivity index (χ1n) is 7.56. The van der Waals surface area contributed by atoms with Crippen LogP contribution in [0.1, 0.15) is 42.9 Å². The summed E-state index contributed by atoms with van der Waals surface area (Å²) in [5.41, 5.74) is 2.19. The highest BCUT2D eigenvalue weighted by molar-refractivity contribution is 5.33. The van der Waals surface area contributed by atoms with Crippen LogP contribution in [0.4, 0.5) is 0 Å². The monoisotopic (exact) mass is 283 g/mol. The zero-order valence-electron chi connectivity index (χ0n) is 12.5. The molecule has 1 aromatic carbocycles. The van der Waals surface area contributed by atoms with Gasteiger partial charge in [-0.15, -0.1) is 0 Å². The van der Waals surface area contributed by atoms with Crippen molar-refractivity contribution in [3.05, 3.63) is 53.6 Å². The van der Waals surface area contributed by atoms with Crippen LogP contribution in [-0.4, -0.2) is 22.6 Å². The fraction of sp³-hybridized carbons (Fsp3) is 0.412. The largest absolute Gasteiger partial charge is 0.490 e. The molecule has 0 amide bonds. The summed E-state index contributed by atoms with van der Waals surface area (Å²) < 4.78 is 5.80. The number of ether oxygens (including phenoxy) is 1. The molecule has 2 aromatic rings. The zero-order chi connectivity index (χ0) is 14.7. The third-order valence-electron chi connectivity index (χ3n) is 3.54. The maximum Gasteiger partial charge on any atom is 0.125 e. The van der Waals surface area contributed by atoms with Crippen molar-refractivity contribution in [2.45, 2.75) is 38.8 Å². The van der Waals surface area contributed by atoms with Gasteiger partial charge >= 0.3 is 0 Å². The molecule has 1 aliphatic rings. The van der Waals surface area contributed by atoms with Crippen molar-refractivity contribution >= 4 is 0 Å². The minimum atomic E-state index is 0.0895. The summed E-state index contributed by atoms with van der Waals surface area (Å²) in [5, 5.41) is 3.48. The van der Waals surface area contributed by atoms with Gasteiger partial charge in [-0.25, -0.2) is 9.97 Å². The summed E-state index contributed by atoms with van der Waals surface area (Å²) in [5.74, 6) is 1.75. The second-order valence-electron chi connectivity index (χ2n) is 5.41. The molecule has 0 spiro atoms. The summed E-state index contributed by atoms with van der Waals surface area (Å²) in [7, 11) is 0. The van der Waals surface area contributed by atoms with E-state index in [2.05, 4.69) is 34.3 Å². The number of hydrogen-bond donors (Lipinski definition) is 1. The molecule has 1 heterocycles. The highest BCUT2D eigenvalue weighted by atomic mass is 16.5. The van der Waals surface area contributed by atoms with E-state index in [-0.39, 0.29) is 6.04 Å². The number of nitrogens with zero attached hydrogens (tertiary/aromatic N) is 2. The molecule has 4 heteroatoms. The van der Waals surface area contributed by atoms with Gasteiger partial charge in [0.05, 0.1) is 17.8 Å². The van der Waals surface area contributed by atoms with Crippen molar-refractivity contribution in [1.82, 2.24) is 15.3 Å². The fourth-order valence-corrected chi connectivity index (χ4v) is 2.35. The van der Waals surface area contributed by atoms with Crippen molar-refractivity contribution in [2.75, 3.05) is 6.54 Å². The molecular formula is C17H21N3O. The SMILES string of the molecule is CCNC(c1ccc(OC2CC2)cc1)c1ccnc(C)n1. The molecule has 0 bridgehead atoms. The first kappa shape index (κ1) is 14.0. The molecule has 4 nitrogen and oxygen atoms in total. The topological polar surface area (TPSA) is 47.0 Å². The Bertz CT molecular complexity index is 593. The minimum Gasteiger partial charge on any atom is -0.490 e. The Morgan fingerprint density at radius 1 is 1.24 bits per heavy atom. The Morgan fingerprint density at radius 3 is 2.62 bits per heavy atom. The predicted molar refractivity (Wildman–Crippen MR) is 82.4 cm³/mol. The summed E-state index contributed by atoms with van der Waals surface area (Å²) in [6, 6.07) is 10.4. The normalized spacial score (nSPS) is 15.7. The molecule has 1 N–H and O–H groups in total. The van der Waals surface area contributed by atoms with E-state index in [0.29, 0.717) is 6.10 Å². The summed E-state index contributed by atoms with van der Waals surface area (Å²) >= 11 is 0. The van der Waals surface area contributed by atoms with E-state index in [1.54, 1.807) is 0 Å². The number of hydrogen-bond acceptors (Lipinski definition) is 4. The van der Waals surface area contributed by atoms with Gasteiger partial charge in [-0.2, -0.15) is 0 Å². The average Bonchev–Trinajstić information content (AvgIpc) is 3.30. The molecule has 0 radical (unpaired) electrons. The van der Waals surface area contributed by atoms with Crippen molar-refractivity contribution in [3.63, 3.8) is 0 Å². The van der Waals surface area contributed by atoms with Crippen molar-refractivity contribution < 1.29 is 4.74 Å². The van der Waals surface area contributed by atoms with Crippen LogP contribution in [0.2, 0.25) is 0 Å². The average molecular weight is 283 g/mol. The summed E-state index contributed by atoms with van der Waals surface area (Å²) in [6.07, 6.45) is 4.61. The molecular weight excluding hydrogens is 262 g/mol. The summed E-state index contributed by atoms with van der Waals surface area (Å²) in [6.45, 7) is 4.90. The van der Waals surface area contributed by atoms with Crippen molar-refractivity contribution in [2.24, 2.45) is 0 Å². The molecule has 1 saturated carbocycles. The Kier molecular flexibility index (Phi) is 4.15.